The highest BCUT2D eigenvalue weighted by Crippen LogP contribution is 2.18. The number of aromatic nitrogens is 2. The zero-order valence-electron chi connectivity index (χ0n) is 12.2. The Kier molecular flexibility index (Phi) is 6.40. The molecular formula is C15H16N4O3S. The van der Waals surface area contributed by atoms with Gasteiger partial charge in [-0.05, 0) is 18.1 Å². The second kappa shape index (κ2) is 8.76. The lowest BCUT2D eigenvalue weighted by Crippen LogP contribution is -2.19. The third kappa shape index (κ3) is 5.97. The van der Waals surface area contributed by atoms with E-state index in [1.165, 1.54) is 16.8 Å². The summed E-state index contributed by atoms with van der Waals surface area (Å²) >= 11 is 1.26. The van der Waals surface area contributed by atoms with Gasteiger partial charge in [0.25, 0.3) is 0 Å². The number of benzene rings is 1. The molecule has 2 amide bonds. The molecule has 0 fully saturated rings. The van der Waals surface area contributed by atoms with Crippen LogP contribution in [-0.4, -0.2) is 27.2 Å². The van der Waals surface area contributed by atoms with Crippen LogP contribution >= 0.6 is 11.3 Å². The molecule has 0 spiro atoms. The number of carbonyl (C=O) groups is 2. The summed E-state index contributed by atoms with van der Waals surface area (Å²) < 4.78 is 0. The van der Waals surface area contributed by atoms with E-state index in [2.05, 4.69) is 15.5 Å². The van der Waals surface area contributed by atoms with E-state index >= 15 is 0 Å². The van der Waals surface area contributed by atoms with Crippen molar-refractivity contribution in [1.82, 2.24) is 15.7 Å². The molecule has 0 bridgehead atoms. The van der Waals surface area contributed by atoms with Crippen molar-refractivity contribution in [3.8, 4) is 0 Å². The highest BCUT2D eigenvalue weighted by molar-refractivity contribution is 7.16. The molecule has 1 aromatic heterocycles. The fraction of sp³-hybridized carbons (Fsp3) is 0.200. The molecule has 3 N–H and O–H groups in total. The molecule has 0 saturated heterocycles. The Labute approximate surface area is 137 Å². The van der Waals surface area contributed by atoms with E-state index < -0.39 is 5.91 Å². The number of anilines is 1. The van der Waals surface area contributed by atoms with Crippen LogP contribution in [0, 0.1) is 0 Å². The molecule has 0 atom stereocenters. The number of rotatable bonds is 7. The second-order valence-corrected chi connectivity index (χ2v) is 5.64. The number of hydroxylamine groups is 1. The van der Waals surface area contributed by atoms with Crippen LogP contribution in [0.3, 0.4) is 0 Å². The van der Waals surface area contributed by atoms with Crippen LogP contribution < -0.4 is 10.8 Å². The standard InChI is InChI=1S/C15H16N4O3S/c20-12(7-4-8-13(21)19-22)16-15-18-17-14(23-15)10-9-11-5-2-1-3-6-11/h1-3,5-6,9-10,22H,4,7-8H2,(H,19,21)(H,16,18,20). The fourth-order valence-electron chi connectivity index (χ4n) is 1.73. The summed E-state index contributed by atoms with van der Waals surface area (Å²) in [5.74, 6) is -0.757. The molecule has 1 aromatic carbocycles. The number of amides is 2. The number of carbonyl (C=O) groups excluding carboxylic acids is 2. The van der Waals surface area contributed by atoms with Gasteiger partial charge < -0.3 is 5.32 Å². The van der Waals surface area contributed by atoms with Crippen molar-refractivity contribution < 1.29 is 14.8 Å². The molecule has 23 heavy (non-hydrogen) atoms. The number of nitrogens with zero attached hydrogens (tertiary/aromatic N) is 2. The minimum atomic E-state index is -0.512. The predicted molar refractivity (Wildman–Crippen MR) is 87.7 cm³/mol. The average Bonchev–Trinajstić information content (AvgIpc) is 3.01. The third-order valence-electron chi connectivity index (χ3n) is 2.84. The Hall–Kier alpha value is -2.58. The van der Waals surface area contributed by atoms with Gasteiger partial charge in [-0.1, -0.05) is 47.7 Å². The van der Waals surface area contributed by atoms with Crippen LogP contribution in [0.25, 0.3) is 12.2 Å². The zero-order valence-corrected chi connectivity index (χ0v) is 13.0. The van der Waals surface area contributed by atoms with Crippen LogP contribution in [0.2, 0.25) is 0 Å². The average molecular weight is 332 g/mol. The number of nitrogens with one attached hydrogen (secondary N) is 2. The number of hydrogen-bond donors (Lipinski definition) is 3. The van der Waals surface area contributed by atoms with Gasteiger partial charge in [0.05, 0.1) is 0 Å². The van der Waals surface area contributed by atoms with E-state index in [-0.39, 0.29) is 18.7 Å². The topological polar surface area (TPSA) is 104 Å². The van der Waals surface area contributed by atoms with Crippen LogP contribution in [0.5, 0.6) is 0 Å². The van der Waals surface area contributed by atoms with Gasteiger partial charge in [-0.25, -0.2) is 5.48 Å². The van der Waals surface area contributed by atoms with Gasteiger partial charge in [0.2, 0.25) is 16.9 Å². The molecule has 0 aliphatic carbocycles. The molecule has 0 unspecified atom stereocenters. The summed E-state index contributed by atoms with van der Waals surface area (Å²) in [6.45, 7) is 0. The molecule has 1 heterocycles. The first-order valence-corrected chi connectivity index (χ1v) is 7.78. The van der Waals surface area contributed by atoms with E-state index in [0.717, 1.165) is 5.56 Å². The van der Waals surface area contributed by atoms with Crippen molar-refractivity contribution in [2.24, 2.45) is 0 Å². The van der Waals surface area contributed by atoms with Gasteiger partial charge in [0.15, 0.2) is 0 Å². The molecule has 7 nitrogen and oxygen atoms in total. The molecular weight excluding hydrogens is 316 g/mol. The summed E-state index contributed by atoms with van der Waals surface area (Å²) in [5, 5.41) is 19.9. The van der Waals surface area contributed by atoms with Crippen molar-refractivity contribution in [3.05, 3.63) is 40.9 Å². The number of hydrogen-bond acceptors (Lipinski definition) is 6. The molecule has 0 aliphatic heterocycles. The Morgan fingerprint density at radius 1 is 1.09 bits per heavy atom. The first kappa shape index (κ1) is 16.8. The maximum absolute atomic E-state index is 11.7. The van der Waals surface area contributed by atoms with Crippen LogP contribution in [0.15, 0.2) is 30.3 Å². The van der Waals surface area contributed by atoms with Gasteiger partial charge in [-0.2, -0.15) is 0 Å². The molecule has 0 radical (unpaired) electrons. The van der Waals surface area contributed by atoms with Crippen molar-refractivity contribution in [1.29, 1.82) is 0 Å². The Bertz CT molecular complexity index is 685. The van der Waals surface area contributed by atoms with E-state index in [9.17, 15) is 9.59 Å². The van der Waals surface area contributed by atoms with Gasteiger partial charge in [-0.15, -0.1) is 10.2 Å². The first-order valence-electron chi connectivity index (χ1n) is 6.97. The highest BCUT2D eigenvalue weighted by atomic mass is 32.1. The molecule has 8 heteroatoms. The van der Waals surface area contributed by atoms with Crippen LogP contribution in [0.1, 0.15) is 29.8 Å². The smallest absolute Gasteiger partial charge is 0.243 e. The molecule has 2 rings (SSSR count). The van der Waals surface area contributed by atoms with Crippen molar-refractivity contribution in [2.45, 2.75) is 19.3 Å². The van der Waals surface area contributed by atoms with E-state index in [1.54, 1.807) is 0 Å². The quantitative estimate of drug-likeness (QED) is 0.533. The van der Waals surface area contributed by atoms with Gasteiger partial charge >= 0.3 is 0 Å². The minimum absolute atomic E-state index is 0.0884. The lowest BCUT2D eigenvalue weighted by molar-refractivity contribution is -0.129. The third-order valence-corrected chi connectivity index (χ3v) is 3.64. The summed E-state index contributed by atoms with van der Waals surface area (Å²) in [6, 6.07) is 9.79. The van der Waals surface area contributed by atoms with Crippen molar-refractivity contribution in [3.63, 3.8) is 0 Å². The molecule has 120 valence electrons. The summed E-state index contributed by atoms with van der Waals surface area (Å²) in [7, 11) is 0. The predicted octanol–water partition coefficient (Wildman–Crippen LogP) is 2.32. The zero-order chi connectivity index (χ0) is 16.5. The largest absolute Gasteiger partial charge is 0.301 e. The molecule has 0 aliphatic rings. The highest BCUT2D eigenvalue weighted by Gasteiger charge is 2.08. The van der Waals surface area contributed by atoms with Crippen molar-refractivity contribution in [2.75, 3.05) is 5.32 Å². The Morgan fingerprint density at radius 2 is 1.83 bits per heavy atom. The maximum Gasteiger partial charge on any atom is 0.243 e. The fourth-order valence-corrected chi connectivity index (χ4v) is 2.39. The van der Waals surface area contributed by atoms with Gasteiger partial charge in [0, 0.05) is 12.8 Å². The van der Waals surface area contributed by atoms with E-state index in [4.69, 9.17) is 5.21 Å². The first-order chi connectivity index (χ1) is 11.2. The van der Waals surface area contributed by atoms with E-state index in [0.29, 0.717) is 16.6 Å². The molecule has 0 saturated carbocycles. The van der Waals surface area contributed by atoms with Gasteiger partial charge in [0.1, 0.15) is 5.01 Å². The summed E-state index contributed by atoms with van der Waals surface area (Å²) in [6.07, 6.45) is 4.35. The second-order valence-electron chi connectivity index (χ2n) is 4.63. The molecule has 2 aromatic rings. The van der Waals surface area contributed by atoms with E-state index in [1.807, 2.05) is 42.5 Å². The minimum Gasteiger partial charge on any atom is -0.301 e. The van der Waals surface area contributed by atoms with Crippen molar-refractivity contribution >= 4 is 40.4 Å². The Morgan fingerprint density at radius 3 is 2.57 bits per heavy atom. The lowest BCUT2D eigenvalue weighted by Gasteiger charge is -2.00. The monoisotopic (exact) mass is 332 g/mol. The van der Waals surface area contributed by atoms with Crippen LogP contribution in [-0.2, 0) is 9.59 Å². The summed E-state index contributed by atoms with van der Waals surface area (Å²) in [4.78, 5) is 22.5. The summed E-state index contributed by atoms with van der Waals surface area (Å²) in [5.41, 5.74) is 2.57. The maximum atomic E-state index is 11.7. The normalized spacial score (nSPS) is 10.7. The van der Waals surface area contributed by atoms with Gasteiger partial charge in [-0.3, -0.25) is 14.8 Å². The van der Waals surface area contributed by atoms with Crippen LogP contribution in [0.4, 0.5) is 5.13 Å². The SMILES string of the molecule is O=C(CCCC(=O)Nc1nnc(C=Cc2ccccc2)s1)NO. The lowest BCUT2D eigenvalue weighted by atomic mass is 10.2. The Balaban J connectivity index is 1.81.